The van der Waals surface area contributed by atoms with Gasteiger partial charge in [0.25, 0.3) is 0 Å². The molecule has 1 saturated heterocycles. The topological polar surface area (TPSA) is 96.2 Å². The Morgan fingerprint density at radius 2 is 2.00 bits per heavy atom. The van der Waals surface area contributed by atoms with Crippen molar-refractivity contribution in [3.05, 3.63) is 46.8 Å². The Kier molecular flexibility index (Phi) is 7.35. The van der Waals surface area contributed by atoms with Gasteiger partial charge >= 0.3 is 0 Å². The largest absolute Gasteiger partial charge is 0.339 e. The van der Waals surface area contributed by atoms with E-state index in [1.54, 1.807) is 11.8 Å². The van der Waals surface area contributed by atoms with Crippen molar-refractivity contribution in [2.24, 2.45) is 5.73 Å². The number of benzene rings is 1. The number of carbonyl (C=O) groups excluding carboxylic acids is 1. The fourth-order valence-corrected chi connectivity index (χ4v) is 6.83. The monoisotopic (exact) mass is 552 g/mol. The molecular weight excluding hydrogens is 523 g/mol. The number of nitrogens with zero attached hydrogens (tertiary/aromatic N) is 3. The lowest BCUT2D eigenvalue weighted by Gasteiger charge is -2.33. The van der Waals surface area contributed by atoms with Crippen LogP contribution in [0.5, 0.6) is 0 Å². The highest BCUT2D eigenvalue weighted by molar-refractivity contribution is 14.1. The average Bonchev–Trinajstić information content (AvgIpc) is 2.75. The quantitative estimate of drug-likeness (QED) is 0.388. The van der Waals surface area contributed by atoms with Gasteiger partial charge in [-0.15, -0.1) is 11.8 Å². The number of anilines is 2. The summed E-state index contributed by atoms with van der Waals surface area (Å²) >= 11 is 3.94. The molecule has 7 nitrogen and oxygen atoms in total. The van der Waals surface area contributed by atoms with E-state index in [0.717, 1.165) is 56.0 Å². The van der Waals surface area contributed by atoms with Crippen molar-refractivity contribution in [2.75, 3.05) is 31.5 Å². The molecule has 1 amide bonds. The van der Waals surface area contributed by atoms with Crippen molar-refractivity contribution in [1.29, 1.82) is 0 Å². The lowest BCUT2D eigenvalue weighted by molar-refractivity contribution is -0.129. The molecule has 166 valence electrons. The Balaban J connectivity index is 1.45. The molecule has 2 aliphatic rings. The number of nitrogens with one attached hydrogen (secondary N) is 2. The van der Waals surface area contributed by atoms with Gasteiger partial charge < -0.3 is 21.3 Å². The minimum absolute atomic E-state index is 0.136. The van der Waals surface area contributed by atoms with Crippen molar-refractivity contribution in [3.8, 4) is 0 Å². The van der Waals surface area contributed by atoms with Gasteiger partial charge in [-0.1, -0.05) is 28.7 Å². The maximum absolute atomic E-state index is 12.8. The molecule has 0 radical (unpaired) electrons. The lowest BCUT2D eigenvalue weighted by atomic mass is 9.93. The van der Waals surface area contributed by atoms with Crippen molar-refractivity contribution in [2.45, 2.75) is 41.2 Å². The molecule has 0 bridgehead atoms. The zero-order valence-electron chi connectivity index (χ0n) is 17.9. The molecule has 1 aliphatic carbocycles. The van der Waals surface area contributed by atoms with Crippen LogP contribution in [0.3, 0.4) is 0 Å². The molecule has 3 atom stereocenters. The van der Waals surface area contributed by atoms with E-state index in [0.29, 0.717) is 5.95 Å². The van der Waals surface area contributed by atoms with Gasteiger partial charge in [-0.3, -0.25) is 4.79 Å². The van der Waals surface area contributed by atoms with E-state index in [-0.39, 0.29) is 20.5 Å². The molecule has 3 unspecified atom stereocenters. The van der Waals surface area contributed by atoms with E-state index < -0.39 is 0 Å². The van der Waals surface area contributed by atoms with Gasteiger partial charge in [-0.2, -0.15) is 0 Å². The lowest BCUT2D eigenvalue weighted by Crippen LogP contribution is -2.48. The minimum Gasteiger partial charge on any atom is -0.339 e. The molecule has 31 heavy (non-hydrogen) atoms. The van der Waals surface area contributed by atoms with Gasteiger partial charge in [0.1, 0.15) is 3.26 Å². The van der Waals surface area contributed by atoms with E-state index in [4.69, 9.17) is 10.7 Å². The summed E-state index contributed by atoms with van der Waals surface area (Å²) in [7, 11) is 0. The summed E-state index contributed by atoms with van der Waals surface area (Å²) in [5, 5.41) is 6.77. The highest BCUT2D eigenvalue weighted by Gasteiger charge is 2.33. The number of alkyl halides is 1. The van der Waals surface area contributed by atoms with Gasteiger partial charge in [-0.25, -0.2) is 9.97 Å². The van der Waals surface area contributed by atoms with Crippen LogP contribution in [-0.4, -0.2) is 55.5 Å². The SMILES string of the molecule is Cc1cc(C)cc(Nc2ncc3c(n2)C(N)C(SC(I)C(=O)N2CCNCC2)CC3)c1. The number of fused-ring (bicyclic) bond motifs is 1. The van der Waals surface area contributed by atoms with Crippen LogP contribution in [0.4, 0.5) is 11.6 Å². The van der Waals surface area contributed by atoms with Crippen LogP contribution < -0.4 is 16.4 Å². The summed E-state index contributed by atoms with van der Waals surface area (Å²) in [5.74, 6) is 0.762. The molecule has 4 N–H and O–H groups in total. The third kappa shape index (κ3) is 5.50. The molecule has 1 aromatic carbocycles. The van der Waals surface area contributed by atoms with E-state index in [9.17, 15) is 4.79 Å². The van der Waals surface area contributed by atoms with Gasteiger partial charge in [-0.05, 0) is 55.5 Å². The number of halogens is 1. The summed E-state index contributed by atoms with van der Waals surface area (Å²) < 4.78 is -0.136. The molecular formula is C22H29IN6OS. The van der Waals surface area contributed by atoms with Gasteiger partial charge in [0.2, 0.25) is 11.9 Å². The van der Waals surface area contributed by atoms with Crippen molar-refractivity contribution >= 4 is 51.9 Å². The van der Waals surface area contributed by atoms with E-state index >= 15 is 0 Å². The number of aryl methyl sites for hydroxylation is 3. The molecule has 0 spiro atoms. The smallest absolute Gasteiger partial charge is 0.245 e. The number of aromatic nitrogens is 2. The van der Waals surface area contributed by atoms with Crippen LogP contribution in [0.15, 0.2) is 24.4 Å². The maximum atomic E-state index is 12.8. The fourth-order valence-electron chi connectivity index (χ4n) is 4.18. The molecule has 9 heteroatoms. The van der Waals surface area contributed by atoms with Gasteiger partial charge in [0.15, 0.2) is 0 Å². The van der Waals surface area contributed by atoms with E-state index in [1.807, 2.05) is 11.1 Å². The number of carbonyl (C=O) groups is 1. The minimum atomic E-state index is -0.218. The zero-order valence-corrected chi connectivity index (χ0v) is 20.9. The van der Waals surface area contributed by atoms with Crippen LogP contribution in [0.1, 0.15) is 34.8 Å². The van der Waals surface area contributed by atoms with Crippen LogP contribution in [0.2, 0.25) is 0 Å². The summed E-state index contributed by atoms with van der Waals surface area (Å²) in [4.78, 5) is 24.1. The number of hydrogen-bond acceptors (Lipinski definition) is 7. The third-order valence-corrected chi connectivity index (χ3v) is 8.44. The first-order chi connectivity index (χ1) is 14.9. The summed E-state index contributed by atoms with van der Waals surface area (Å²) in [6, 6.07) is 6.08. The molecule has 1 aliphatic heterocycles. The van der Waals surface area contributed by atoms with E-state index in [2.05, 4.69) is 70.3 Å². The number of thioether (sulfide) groups is 1. The number of amides is 1. The Hall–Kier alpha value is -1.43. The normalized spacial score (nSPS) is 22.0. The van der Waals surface area contributed by atoms with Crippen molar-refractivity contribution in [3.63, 3.8) is 0 Å². The van der Waals surface area contributed by atoms with E-state index in [1.165, 1.54) is 11.1 Å². The first kappa shape index (κ1) is 22.8. The van der Waals surface area contributed by atoms with Crippen molar-refractivity contribution in [1.82, 2.24) is 20.2 Å². The molecule has 4 rings (SSSR count). The van der Waals surface area contributed by atoms with Crippen LogP contribution in [-0.2, 0) is 11.2 Å². The standard InChI is InChI=1S/C22H29IN6OS/c1-13-9-14(2)11-16(10-13)27-22-26-12-15-3-4-17(18(24)19(15)28-22)31-20(23)21(30)29-7-5-25-6-8-29/h9-12,17-18,20,25H,3-8,24H2,1-2H3,(H,26,27,28). The first-order valence-electron chi connectivity index (χ1n) is 10.7. The molecule has 1 fully saturated rings. The van der Waals surface area contributed by atoms with Crippen LogP contribution >= 0.6 is 34.4 Å². The number of rotatable bonds is 5. The van der Waals surface area contributed by atoms with Crippen LogP contribution in [0, 0.1) is 13.8 Å². The number of piperazine rings is 1. The fraction of sp³-hybridized carbons (Fsp3) is 0.500. The zero-order chi connectivity index (χ0) is 22.0. The second-order valence-corrected chi connectivity index (χ2v) is 11.7. The molecule has 1 aromatic heterocycles. The Morgan fingerprint density at radius 3 is 2.71 bits per heavy atom. The molecule has 2 heterocycles. The second kappa shape index (κ2) is 10.0. The Labute approximate surface area is 201 Å². The average molecular weight is 552 g/mol. The summed E-state index contributed by atoms with van der Waals surface area (Å²) in [6.07, 6.45) is 3.71. The highest BCUT2D eigenvalue weighted by atomic mass is 127. The third-order valence-electron chi connectivity index (χ3n) is 5.71. The summed E-state index contributed by atoms with van der Waals surface area (Å²) in [6.45, 7) is 7.43. The number of hydrogen-bond donors (Lipinski definition) is 3. The predicted octanol–water partition coefficient (Wildman–Crippen LogP) is 3.08. The molecule has 2 aromatic rings. The van der Waals surface area contributed by atoms with Gasteiger partial charge in [0, 0.05) is 43.3 Å². The number of nitrogens with two attached hydrogens (primary N) is 1. The maximum Gasteiger partial charge on any atom is 0.245 e. The Morgan fingerprint density at radius 1 is 1.29 bits per heavy atom. The predicted molar refractivity (Wildman–Crippen MR) is 135 cm³/mol. The second-order valence-electron chi connectivity index (χ2n) is 8.24. The van der Waals surface area contributed by atoms with Crippen LogP contribution in [0.25, 0.3) is 0 Å². The highest BCUT2D eigenvalue weighted by Crippen LogP contribution is 2.39. The first-order valence-corrected chi connectivity index (χ1v) is 12.9. The molecule has 0 saturated carbocycles. The summed E-state index contributed by atoms with van der Waals surface area (Å²) in [5.41, 5.74) is 12.0. The Bertz CT molecular complexity index is 931. The van der Waals surface area contributed by atoms with Gasteiger partial charge in [0.05, 0.1) is 11.7 Å². The van der Waals surface area contributed by atoms with Crippen molar-refractivity contribution < 1.29 is 4.79 Å².